The average molecular weight is 215 g/mol. The Morgan fingerprint density at radius 1 is 1.25 bits per heavy atom. The van der Waals surface area contributed by atoms with Crippen molar-refractivity contribution in [3.8, 4) is 12.1 Å². The molecule has 0 heterocycles. The summed E-state index contributed by atoms with van der Waals surface area (Å²) in [6, 6.07) is 9.67. The van der Waals surface area contributed by atoms with Crippen molar-refractivity contribution in [2.75, 3.05) is 5.73 Å². The lowest BCUT2D eigenvalue weighted by molar-refractivity contribution is -0.140. The molecule has 2 unspecified atom stereocenters. The Bertz CT molecular complexity index is 467. The van der Waals surface area contributed by atoms with Gasteiger partial charge in [0, 0.05) is 5.69 Å². The van der Waals surface area contributed by atoms with Crippen LogP contribution in [0, 0.1) is 28.6 Å². The number of aliphatic carboxylic acids is 1. The van der Waals surface area contributed by atoms with Crippen LogP contribution < -0.4 is 5.73 Å². The Labute approximate surface area is 92.3 Å². The maximum Gasteiger partial charge on any atom is 0.322 e. The molecule has 3 N–H and O–H groups in total. The predicted molar refractivity (Wildman–Crippen MR) is 55.9 cm³/mol. The van der Waals surface area contributed by atoms with E-state index in [9.17, 15) is 4.79 Å². The van der Waals surface area contributed by atoms with Gasteiger partial charge in [-0.1, -0.05) is 12.1 Å². The highest BCUT2D eigenvalue weighted by molar-refractivity contribution is 5.75. The van der Waals surface area contributed by atoms with Gasteiger partial charge < -0.3 is 10.8 Å². The highest BCUT2D eigenvalue weighted by atomic mass is 16.4. The molecule has 5 heteroatoms. The molecule has 0 amide bonds. The maximum atomic E-state index is 10.8. The summed E-state index contributed by atoms with van der Waals surface area (Å²) >= 11 is 0. The molecule has 1 aromatic carbocycles. The molecule has 0 aliphatic rings. The normalized spacial score (nSPS) is 13.1. The van der Waals surface area contributed by atoms with E-state index in [1.54, 1.807) is 30.3 Å². The van der Waals surface area contributed by atoms with Gasteiger partial charge in [0.05, 0.1) is 18.1 Å². The van der Waals surface area contributed by atoms with Crippen LogP contribution in [0.3, 0.4) is 0 Å². The van der Waals surface area contributed by atoms with Gasteiger partial charge in [-0.3, -0.25) is 4.79 Å². The molecular formula is C11H9N3O2. The van der Waals surface area contributed by atoms with E-state index >= 15 is 0 Å². The van der Waals surface area contributed by atoms with Crippen molar-refractivity contribution in [1.82, 2.24) is 0 Å². The third-order valence-electron chi connectivity index (χ3n) is 2.17. The first kappa shape index (κ1) is 11.5. The van der Waals surface area contributed by atoms with E-state index in [-0.39, 0.29) is 0 Å². The van der Waals surface area contributed by atoms with Crippen LogP contribution in [0.15, 0.2) is 24.3 Å². The summed E-state index contributed by atoms with van der Waals surface area (Å²) in [5.41, 5.74) is 6.47. The fraction of sp³-hybridized carbons (Fsp3) is 0.182. The molecule has 16 heavy (non-hydrogen) atoms. The van der Waals surface area contributed by atoms with Crippen LogP contribution in [0.2, 0.25) is 0 Å². The lowest BCUT2D eigenvalue weighted by Gasteiger charge is -2.11. The van der Waals surface area contributed by atoms with Crippen molar-refractivity contribution in [3.05, 3.63) is 29.8 Å². The van der Waals surface area contributed by atoms with Gasteiger partial charge in [-0.15, -0.1) is 0 Å². The number of nitrogens with zero attached hydrogens (tertiary/aromatic N) is 2. The molecule has 80 valence electrons. The summed E-state index contributed by atoms with van der Waals surface area (Å²) in [5, 5.41) is 26.4. The Morgan fingerprint density at radius 3 is 2.19 bits per heavy atom. The van der Waals surface area contributed by atoms with Gasteiger partial charge in [0.25, 0.3) is 0 Å². The third kappa shape index (κ3) is 2.28. The first-order valence-electron chi connectivity index (χ1n) is 4.47. The Morgan fingerprint density at radius 2 is 1.81 bits per heavy atom. The predicted octanol–water partition coefficient (Wildman–Crippen LogP) is 1.10. The van der Waals surface area contributed by atoms with Crippen LogP contribution in [0.4, 0.5) is 5.69 Å². The van der Waals surface area contributed by atoms with Gasteiger partial charge in [-0.2, -0.15) is 10.5 Å². The molecule has 0 bridgehead atoms. The van der Waals surface area contributed by atoms with Gasteiger partial charge in [0.1, 0.15) is 0 Å². The van der Waals surface area contributed by atoms with Crippen LogP contribution in [-0.4, -0.2) is 11.1 Å². The van der Waals surface area contributed by atoms with E-state index in [0.29, 0.717) is 11.3 Å². The first-order valence-corrected chi connectivity index (χ1v) is 4.47. The average Bonchev–Trinajstić information content (AvgIpc) is 2.26. The number of hydrogen-bond donors (Lipinski definition) is 2. The molecule has 0 saturated carbocycles. The van der Waals surface area contributed by atoms with Crippen LogP contribution in [0.5, 0.6) is 0 Å². The van der Waals surface area contributed by atoms with Crippen molar-refractivity contribution in [2.24, 2.45) is 5.92 Å². The third-order valence-corrected chi connectivity index (χ3v) is 2.17. The van der Waals surface area contributed by atoms with Gasteiger partial charge in [0.2, 0.25) is 0 Å². The molecule has 2 atom stereocenters. The van der Waals surface area contributed by atoms with Crippen LogP contribution in [-0.2, 0) is 4.79 Å². The molecule has 0 aliphatic heterocycles. The second kappa shape index (κ2) is 4.81. The molecule has 0 radical (unpaired) electrons. The van der Waals surface area contributed by atoms with Crippen LogP contribution in [0.25, 0.3) is 0 Å². The zero-order valence-electron chi connectivity index (χ0n) is 8.29. The minimum atomic E-state index is -1.37. The number of carboxylic acids is 1. The Balaban J connectivity index is 3.09. The second-order valence-corrected chi connectivity index (χ2v) is 3.22. The Kier molecular flexibility index (Phi) is 3.47. The zero-order chi connectivity index (χ0) is 12.1. The van der Waals surface area contributed by atoms with Gasteiger partial charge in [0.15, 0.2) is 5.92 Å². The summed E-state index contributed by atoms with van der Waals surface area (Å²) in [5.74, 6) is -3.65. The molecule has 0 aromatic heterocycles. The number of nitrogen functional groups attached to an aromatic ring is 1. The molecule has 0 aliphatic carbocycles. The highest BCUT2D eigenvalue weighted by Crippen LogP contribution is 2.24. The SMILES string of the molecule is N#CC(C(=O)O)C(C#N)c1ccc(N)cc1. The quantitative estimate of drug-likeness (QED) is 0.733. The van der Waals surface area contributed by atoms with E-state index in [2.05, 4.69) is 0 Å². The van der Waals surface area contributed by atoms with E-state index in [0.717, 1.165) is 0 Å². The van der Waals surface area contributed by atoms with Crippen molar-refractivity contribution in [1.29, 1.82) is 10.5 Å². The van der Waals surface area contributed by atoms with Crippen LogP contribution in [0.1, 0.15) is 11.5 Å². The molecule has 1 aromatic rings. The number of anilines is 1. The largest absolute Gasteiger partial charge is 0.480 e. The number of carbonyl (C=O) groups is 1. The number of carboxylic acid groups (broad SMARTS) is 1. The Hall–Kier alpha value is -2.53. The zero-order valence-corrected chi connectivity index (χ0v) is 8.29. The van der Waals surface area contributed by atoms with Crippen molar-refractivity contribution < 1.29 is 9.90 Å². The van der Waals surface area contributed by atoms with Crippen molar-refractivity contribution in [3.63, 3.8) is 0 Å². The lowest BCUT2D eigenvalue weighted by Crippen LogP contribution is -2.19. The molecule has 0 saturated heterocycles. The maximum absolute atomic E-state index is 10.8. The van der Waals surface area contributed by atoms with E-state index in [1.807, 2.05) is 6.07 Å². The standard InChI is InChI=1S/C11H9N3O2/c12-5-9(10(6-13)11(15)16)7-1-3-8(14)4-2-7/h1-4,9-10H,14H2,(H,15,16). The summed E-state index contributed by atoms with van der Waals surface area (Å²) in [6.45, 7) is 0. The number of hydrogen-bond acceptors (Lipinski definition) is 4. The van der Waals surface area contributed by atoms with E-state index in [4.69, 9.17) is 21.4 Å². The minimum absolute atomic E-state index is 0.477. The molecule has 1 rings (SSSR count). The number of nitrogens with two attached hydrogens (primary N) is 1. The summed E-state index contributed by atoms with van der Waals surface area (Å²) in [7, 11) is 0. The summed E-state index contributed by atoms with van der Waals surface area (Å²) in [6.07, 6.45) is 0. The van der Waals surface area contributed by atoms with Crippen molar-refractivity contribution >= 4 is 11.7 Å². The highest BCUT2D eigenvalue weighted by Gasteiger charge is 2.29. The number of rotatable bonds is 3. The molecule has 5 nitrogen and oxygen atoms in total. The molecule has 0 fully saturated rings. The monoisotopic (exact) mass is 215 g/mol. The summed E-state index contributed by atoms with van der Waals surface area (Å²) in [4.78, 5) is 10.8. The smallest absolute Gasteiger partial charge is 0.322 e. The van der Waals surface area contributed by atoms with Gasteiger partial charge >= 0.3 is 5.97 Å². The fourth-order valence-electron chi connectivity index (χ4n) is 1.32. The van der Waals surface area contributed by atoms with Crippen LogP contribution >= 0.6 is 0 Å². The van der Waals surface area contributed by atoms with Crippen molar-refractivity contribution in [2.45, 2.75) is 5.92 Å². The van der Waals surface area contributed by atoms with Gasteiger partial charge in [-0.25, -0.2) is 0 Å². The number of nitriles is 2. The second-order valence-electron chi connectivity index (χ2n) is 3.22. The topological polar surface area (TPSA) is 111 Å². The first-order chi connectivity index (χ1) is 7.60. The van der Waals surface area contributed by atoms with Gasteiger partial charge in [-0.05, 0) is 17.7 Å². The lowest BCUT2D eigenvalue weighted by atomic mass is 9.88. The van der Waals surface area contributed by atoms with E-state index < -0.39 is 17.8 Å². The van der Waals surface area contributed by atoms with E-state index in [1.165, 1.54) is 0 Å². The molecular weight excluding hydrogens is 206 g/mol. The molecule has 0 spiro atoms. The number of benzene rings is 1. The fourth-order valence-corrected chi connectivity index (χ4v) is 1.32. The summed E-state index contributed by atoms with van der Waals surface area (Å²) < 4.78 is 0. The minimum Gasteiger partial charge on any atom is -0.480 e.